The van der Waals surface area contributed by atoms with E-state index in [1.54, 1.807) is 19.3 Å². The molecule has 0 aliphatic carbocycles. The first-order valence-corrected chi connectivity index (χ1v) is 2.96. The van der Waals surface area contributed by atoms with Crippen molar-refractivity contribution in [3.8, 4) is 0 Å². The van der Waals surface area contributed by atoms with Gasteiger partial charge in [0, 0.05) is 19.7 Å². The van der Waals surface area contributed by atoms with Gasteiger partial charge >= 0.3 is 6.03 Å². The molecule has 0 atom stereocenters. The van der Waals surface area contributed by atoms with Crippen LogP contribution in [0.3, 0.4) is 0 Å². The zero-order valence-corrected chi connectivity index (χ0v) is 5.74. The van der Waals surface area contributed by atoms with Gasteiger partial charge in [0.1, 0.15) is 5.84 Å². The Labute approximate surface area is 59.0 Å². The SMILES string of the molecule is CN1C=CCC(N)=NC1=O. The number of hydrogen-bond donors (Lipinski definition) is 1. The maximum atomic E-state index is 10.8. The summed E-state index contributed by atoms with van der Waals surface area (Å²) in [6.45, 7) is 0. The Balaban J connectivity index is 2.83. The van der Waals surface area contributed by atoms with E-state index in [0.717, 1.165) is 0 Å². The standard InChI is InChI=1S/C6H9N3O/c1-9-4-2-3-5(7)8-6(9)10/h2,4H,3H2,1H3,(H2,7,8,10). The molecule has 0 aromatic carbocycles. The first-order chi connectivity index (χ1) is 4.70. The molecule has 1 aliphatic heterocycles. The van der Waals surface area contributed by atoms with Crippen molar-refractivity contribution in [2.75, 3.05) is 7.05 Å². The van der Waals surface area contributed by atoms with Gasteiger partial charge in [0.25, 0.3) is 0 Å². The van der Waals surface area contributed by atoms with Gasteiger partial charge in [-0.25, -0.2) is 4.79 Å². The number of aliphatic imine (C=N–C) groups is 1. The molecule has 1 heterocycles. The van der Waals surface area contributed by atoms with Crippen LogP contribution in [0.2, 0.25) is 0 Å². The Kier molecular flexibility index (Phi) is 1.71. The minimum atomic E-state index is -0.314. The number of nitrogens with two attached hydrogens (primary N) is 1. The van der Waals surface area contributed by atoms with Crippen LogP contribution >= 0.6 is 0 Å². The summed E-state index contributed by atoms with van der Waals surface area (Å²) in [4.78, 5) is 15.8. The molecule has 54 valence electrons. The molecule has 4 nitrogen and oxygen atoms in total. The van der Waals surface area contributed by atoms with Crippen molar-refractivity contribution in [1.82, 2.24) is 4.90 Å². The lowest BCUT2D eigenvalue weighted by atomic mass is 10.4. The second kappa shape index (κ2) is 2.51. The Bertz CT molecular complexity index is 207. The minimum Gasteiger partial charge on any atom is -0.387 e. The van der Waals surface area contributed by atoms with E-state index in [-0.39, 0.29) is 6.03 Å². The Morgan fingerprint density at radius 3 is 3.20 bits per heavy atom. The molecule has 1 rings (SSSR count). The third-order valence-corrected chi connectivity index (χ3v) is 1.20. The number of rotatable bonds is 0. The highest BCUT2D eigenvalue weighted by atomic mass is 16.2. The third-order valence-electron chi connectivity index (χ3n) is 1.20. The summed E-state index contributed by atoms with van der Waals surface area (Å²) in [6.07, 6.45) is 4.01. The molecule has 4 heteroatoms. The summed E-state index contributed by atoms with van der Waals surface area (Å²) in [5, 5.41) is 0. The van der Waals surface area contributed by atoms with Gasteiger partial charge in [0.05, 0.1) is 0 Å². The fraction of sp³-hybridized carbons (Fsp3) is 0.333. The molecule has 1 aliphatic rings. The van der Waals surface area contributed by atoms with Crippen molar-refractivity contribution in [3.05, 3.63) is 12.3 Å². The van der Waals surface area contributed by atoms with Crippen molar-refractivity contribution < 1.29 is 4.79 Å². The lowest BCUT2D eigenvalue weighted by Gasteiger charge is -2.04. The number of amides is 2. The Hall–Kier alpha value is -1.32. The van der Waals surface area contributed by atoms with Gasteiger partial charge in [-0.1, -0.05) is 6.08 Å². The Morgan fingerprint density at radius 2 is 2.50 bits per heavy atom. The van der Waals surface area contributed by atoms with Gasteiger partial charge in [0.2, 0.25) is 0 Å². The zero-order valence-electron chi connectivity index (χ0n) is 5.74. The normalized spacial score (nSPS) is 18.7. The van der Waals surface area contributed by atoms with Crippen molar-refractivity contribution in [2.45, 2.75) is 6.42 Å². The summed E-state index contributed by atoms with van der Waals surface area (Å²) >= 11 is 0. The van der Waals surface area contributed by atoms with Crippen LogP contribution in [0.5, 0.6) is 0 Å². The number of urea groups is 1. The molecule has 0 saturated heterocycles. The molecule has 2 N–H and O–H groups in total. The first kappa shape index (κ1) is 6.80. The van der Waals surface area contributed by atoms with Crippen molar-refractivity contribution in [2.24, 2.45) is 10.7 Å². The monoisotopic (exact) mass is 139 g/mol. The van der Waals surface area contributed by atoms with Crippen LogP contribution in [-0.4, -0.2) is 23.8 Å². The molecule has 0 aromatic rings. The van der Waals surface area contributed by atoms with Gasteiger partial charge in [-0.3, -0.25) is 0 Å². The summed E-state index contributed by atoms with van der Waals surface area (Å²) < 4.78 is 0. The van der Waals surface area contributed by atoms with Gasteiger partial charge < -0.3 is 10.6 Å². The van der Waals surface area contributed by atoms with Gasteiger partial charge in [-0.2, -0.15) is 4.99 Å². The van der Waals surface area contributed by atoms with E-state index < -0.39 is 0 Å². The van der Waals surface area contributed by atoms with Crippen LogP contribution < -0.4 is 5.73 Å². The molecule has 0 aromatic heterocycles. The lowest BCUT2D eigenvalue weighted by molar-refractivity contribution is 0.232. The maximum absolute atomic E-state index is 10.8. The van der Waals surface area contributed by atoms with E-state index in [9.17, 15) is 4.79 Å². The van der Waals surface area contributed by atoms with E-state index in [4.69, 9.17) is 5.73 Å². The van der Waals surface area contributed by atoms with E-state index in [1.807, 2.05) is 0 Å². The summed E-state index contributed by atoms with van der Waals surface area (Å²) in [7, 11) is 1.64. The van der Waals surface area contributed by atoms with Crippen molar-refractivity contribution in [3.63, 3.8) is 0 Å². The predicted octanol–water partition coefficient (Wildman–Crippen LogP) is 0.313. The third kappa shape index (κ3) is 1.34. The smallest absolute Gasteiger partial charge is 0.348 e. The molecule has 0 unspecified atom stereocenters. The van der Waals surface area contributed by atoms with Crippen LogP contribution in [0.15, 0.2) is 17.3 Å². The number of carbonyl (C=O) groups is 1. The lowest BCUT2D eigenvalue weighted by Crippen LogP contribution is -2.18. The van der Waals surface area contributed by atoms with Crippen molar-refractivity contribution >= 4 is 11.9 Å². The second-order valence-electron chi connectivity index (χ2n) is 2.09. The number of amidine groups is 1. The van der Waals surface area contributed by atoms with E-state index >= 15 is 0 Å². The average molecular weight is 139 g/mol. The minimum absolute atomic E-state index is 0.314. The number of nitrogens with zero attached hydrogens (tertiary/aromatic N) is 2. The largest absolute Gasteiger partial charge is 0.387 e. The summed E-state index contributed by atoms with van der Waals surface area (Å²) in [6, 6.07) is -0.314. The van der Waals surface area contributed by atoms with Crippen molar-refractivity contribution in [1.29, 1.82) is 0 Å². The van der Waals surface area contributed by atoms with Crippen LogP contribution in [0.1, 0.15) is 6.42 Å². The van der Waals surface area contributed by atoms with Gasteiger partial charge in [-0.15, -0.1) is 0 Å². The quantitative estimate of drug-likeness (QED) is 0.525. The fourth-order valence-corrected chi connectivity index (χ4v) is 0.643. The maximum Gasteiger partial charge on any atom is 0.348 e. The highest BCUT2D eigenvalue weighted by Crippen LogP contribution is 1.98. The molecule has 0 bridgehead atoms. The molecular weight excluding hydrogens is 130 g/mol. The van der Waals surface area contributed by atoms with E-state index in [0.29, 0.717) is 12.3 Å². The Morgan fingerprint density at radius 1 is 1.80 bits per heavy atom. The highest BCUT2D eigenvalue weighted by Gasteiger charge is 2.06. The fourth-order valence-electron chi connectivity index (χ4n) is 0.643. The zero-order chi connectivity index (χ0) is 7.56. The van der Waals surface area contributed by atoms with Crippen LogP contribution in [0.25, 0.3) is 0 Å². The van der Waals surface area contributed by atoms with Crippen LogP contribution in [0.4, 0.5) is 4.79 Å². The second-order valence-corrected chi connectivity index (χ2v) is 2.09. The summed E-state index contributed by atoms with van der Waals surface area (Å²) in [5.74, 6) is 0.366. The molecule has 2 amide bonds. The predicted molar refractivity (Wildman–Crippen MR) is 38.5 cm³/mol. The molecule has 0 spiro atoms. The molecular formula is C6H9N3O. The van der Waals surface area contributed by atoms with Gasteiger partial charge in [-0.05, 0) is 0 Å². The topological polar surface area (TPSA) is 58.7 Å². The van der Waals surface area contributed by atoms with Crippen LogP contribution in [-0.2, 0) is 0 Å². The van der Waals surface area contributed by atoms with Gasteiger partial charge in [0.15, 0.2) is 0 Å². The molecule has 0 saturated carbocycles. The first-order valence-electron chi connectivity index (χ1n) is 2.96. The summed E-state index contributed by atoms with van der Waals surface area (Å²) in [5.41, 5.74) is 5.34. The molecule has 0 fully saturated rings. The number of carbonyl (C=O) groups excluding carboxylic acids is 1. The number of hydrogen-bond acceptors (Lipinski definition) is 2. The van der Waals surface area contributed by atoms with Crippen LogP contribution in [0, 0.1) is 0 Å². The van der Waals surface area contributed by atoms with E-state index in [2.05, 4.69) is 4.99 Å². The average Bonchev–Trinajstić information content (AvgIpc) is 1.96. The molecule has 10 heavy (non-hydrogen) atoms. The highest BCUT2D eigenvalue weighted by molar-refractivity contribution is 5.94. The molecule has 0 radical (unpaired) electrons. The van der Waals surface area contributed by atoms with E-state index in [1.165, 1.54) is 4.90 Å².